The number of aromatic hydroxyl groups is 1. The zero-order valence-corrected chi connectivity index (χ0v) is 42.3. The minimum atomic E-state index is -4.67. The molecule has 72 heavy (non-hydrogen) atoms. The lowest BCUT2D eigenvalue weighted by Gasteiger charge is -2.42. The summed E-state index contributed by atoms with van der Waals surface area (Å²) in [5.74, 6) is 5.38. The molecule has 10 bridgehead atoms. The van der Waals surface area contributed by atoms with E-state index in [-0.39, 0.29) is 78.2 Å². The van der Waals surface area contributed by atoms with Crippen LogP contribution in [0.2, 0.25) is 0 Å². The van der Waals surface area contributed by atoms with Gasteiger partial charge in [-0.25, -0.2) is 4.99 Å². The summed E-state index contributed by atoms with van der Waals surface area (Å²) in [6.45, 7) is 2.12. The molecule has 3 fully saturated rings. The van der Waals surface area contributed by atoms with E-state index in [9.17, 15) is 28.3 Å². The summed E-state index contributed by atoms with van der Waals surface area (Å²) in [5, 5.41) is 33.3. The SMILES string of the molecule is C[C@H]1CCc2cc3ccc2[C@H]1C[C@@H](S(=O)(=O)O)[C@H]1C=C2C[C@H](C[C@H]4C[C@@H](CO)CC#Cc5cc(O)ccc5[C@@H]2O4)[C@@H]1c1ccc(cc1)[C@](C[C@@H](Cc1ccccc1)[C@@]1(O)CCC2(CCCC2)C1)(N=C(N)N)O3. The smallest absolute Gasteiger partial charge is 0.268 e. The van der Waals surface area contributed by atoms with Crippen LogP contribution in [0.3, 0.4) is 0 Å². The summed E-state index contributed by atoms with van der Waals surface area (Å²) in [7, 11) is -4.67. The topological polar surface area (TPSA) is 198 Å². The van der Waals surface area contributed by atoms with Crippen LogP contribution in [0, 0.1) is 46.8 Å². The number of rotatable bonds is 8. The first-order valence-electron chi connectivity index (χ1n) is 26.6. The summed E-state index contributed by atoms with van der Waals surface area (Å²) in [6, 6.07) is 29.8. The highest BCUT2D eigenvalue weighted by molar-refractivity contribution is 7.86. The van der Waals surface area contributed by atoms with E-state index in [1.807, 2.05) is 42.5 Å². The Morgan fingerprint density at radius 2 is 1.71 bits per heavy atom. The number of phenols is 1. The number of fused-ring (bicyclic) bond motifs is 9. The van der Waals surface area contributed by atoms with Crippen LogP contribution in [0.1, 0.15) is 154 Å². The van der Waals surface area contributed by atoms with Gasteiger partial charge in [0.2, 0.25) is 5.72 Å². The molecule has 4 aromatic carbocycles. The lowest BCUT2D eigenvalue weighted by molar-refractivity contribution is -0.0598. The van der Waals surface area contributed by atoms with Crippen molar-refractivity contribution in [3.63, 3.8) is 0 Å². The zero-order valence-electron chi connectivity index (χ0n) is 41.5. The third kappa shape index (κ3) is 9.49. The summed E-state index contributed by atoms with van der Waals surface area (Å²) < 4.78 is 54.9. The van der Waals surface area contributed by atoms with Gasteiger partial charge in [0.1, 0.15) is 17.6 Å². The van der Waals surface area contributed by atoms with E-state index in [1.54, 1.807) is 12.1 Å². The fourth-order valence-electron chi connectivity index (χ4n) is 15.1. The van der Waals surface area contributed by atoms with Crippen LogP contribution in [0.5, 0.6) is 11.5 Å². The van der Waals surface area contributed by atoms with Crippen molar-refractivity contribution in [1.29, 1.82) is 0 Å². The van der Waals surface area contributed by atoms with Crippen molar-refractivity contribution in [2.45, 2.75) is 150 Å². The normalized spacial score (nSPS) is 32.8. The number of nitrogens with zero attached hydrogens (tertiary/aromatic N) is 1. The van der Waals surface area contributed by atoms with Gasteiger partial charge in [0, 0.05) is 42.1 Å². The molecule has 13 rings (SSSR count). The molecule has 380 valence electrons. The minimum absolute atomic E-state index is 0.0651. The Kier molecular flexibility index (Phi) is 13.1. The van der Waals surface area contributed by atoms with Gasteiger partial charge in [-0.2, -0.15) is 8.42 Å². The number of ether oxygens (including phenoxy) is 2. The summed E-state index contributed by atoms with van der Waals surface area (Å²) in [5.41, 5.74) is 17.8. The van der Waals surface area contributed by atoms with E-state index in [2.05, 4.69) is 61.2 Å². The number of hydrogen-bond donors (Lipinski definition) is 6. The molecule has 0 aromatic heterocycles. The fraction of sp³-hybridized carbons (Fsp3) is 0.517. The Balaban J connectivity index is 1.10. The fourth-order valence-corrected chi connectivity index (χ4v) is 16.2. The van der Waals surface area contributed by atoms with E-state index in [1.165, 1.54) is 12.8 Å². The zero-order chi connectivity index (χ0) is 50.0. The van der Waals surface area contributed by atoms with Crippen molar-refractivity contribution in [3.05, 3.63) is 142 Å². The molecule has 11 nitrogen and oxygen atoms in total. The molecule has 12 heteroatoms. The lowest BCUT2D eigenvalue weighted by atomic mass is 9.64. The molecule has 0 radical (unpaired) electrons. The highest BCUT2D eigenvalue weighted by atomic mass is 32.2. The molecule has 0 amide bonds. The van der Waals surface area contributed by atoms with E-state index < -0.39 is 38.7 Å². The number of phenolic OH excluding ortho intramolecular Hbond substituents is 1. The van der Waals surface area contributed by atoms with Gasteiger partial charge in [0.25, 0.3) is 10.1 Å². The molecule has 1 saturated heterocycles. The summed E-state index contributed by atoms with van der Waals surface area (Å²) in [4.78, 5) is 5.12. The van der Waals surface area contributed by atoms with Crippen LogP contribution in [0.4, 0.5) is 0 Å². The van der Waals surface area contributed by atoms with Crippen LogP contribution >= 0.6 is 0 Å². The van der Waals surface area contributed by atoms with Gasteiger partial charge in [0.15, 0.2) is 5.96 Å². The highest BCUT2D eigenvalue weighted by Gasteiger charge is 2.55. The molecule has 4 aromatic rings. The maximum Gasteiger partial charge on any atom is 0.268 e. The molecule has 9 aliphatic rings. The molecule has 5 heterocycles. The molecular weight excluding hydrogens is 923 g/mol. The Labute approximate surface area is 425 Å². The molecule has 0 unspecified atom stereocenters. The Hall–Kier alpha value is -5.16. The van der Waals surface area contributed by atoms with Crippen LogP contribution in [0.25, 0.3) is 0 Å². The van der Waals surface area contributed by atoms with E-state index in [4.69, 9.17) is 25.9 Å². The van der Waals surface area contributed by atoms with Crippen molar-refractivity contribution >= 4 is 16.1 Å². The molecular formula is C60H71N3O8S. The number of guanidine groups is 1. The van der Waals surface area contributed by atoms with Crippen LogP contribution in [-0.4, -0.2) is 57.8 Å². The van der Waals surface area contributed by atoms with Crippen molar-refractivity contribution in [2.75, 3.05) is 6.61 Å². The second-order valence-electron chi connectivity index (χ2n) is 23.1. The maximum absolute atomic E-state index is 14.4. The first kappa shape index (κ1) is 49.1. The maximum atomic E-state index is 14.4. The van der Waals surface area contributed by atoms with Gasteiger partial charge < -0.3 is 36.3 Å². The average Bonchev–Trinajstić information content (AvgIpc) is 3.92. The first-order valence-corrected chi connectivity index (χ1v) is 28.1. The summed E-state index contributed by atoms with van der Waals surface area (Å²) >= 11 is 0. The second kappa shape index (κ2) is 19.3. The Morgan fingerprint density at radius 1 is 0.931 bits per heavy atom. The van der Waals surface area contributed by atoms with Gasteiger partial charge in [-0.3, -0.25) is 4.55 Å². The quantitative estimate of drug-likeness (QED) is 0.0325. The van der Waals surface area contributed by atoms with Gasteiger partial charge in [-0.1, -0.05) is 104 Å². The summed E-state index contributed by atoms with van der Waals surface area (Å²) in [6.07, 6.45) is 13.0. The molecule has 12 atom stereocenters. The number of allylic oxidation sites excluding steroid dienone is 1. The first-order chi connectivity index (χ1) is 34.6. The lowest BCUT2D eigenvalue weighted by Crippen LogP contribution is -2.45. The molecule has 4 aliphatic carbocycles. The van der Waals surface area contributed by atoms with Crippen LogP contribution < -0.4 is 16.2 Å². The Bertz CT molecular complexity index is 2900. The number of hydrogen-bond acceptors (Lipinski definition) is 8. The predicted molar refractivity (Wildman–Crippen MR) is 279 cm³/mol. The van der Waals surface area contributed by atoms with Crippen molar-refractivity contribution in [1.82, 2.24) is 0 Å². The number of benzene rings is 4. The van der Waals surface area contributed by atoms with Crippen LogP contribution in [0.15, 0.2) is 108 Å². The van der Waals surface area contributed by atoms with Crippen molar-refractivity contribution < 1.29 is 37.8 Å². The standard InChI is InChI=1S/C60H71N3O8S/c1-37-12-13-42-30-48-19-21-50(42)52(37)33-54(72(67,68)69)53-32-44-28-43(31-49-27-39(35-64)10-7-11-41-29-47(65)18-20-51(41)56(44)70-49)55(53)40-14-16-45(17-15-40)60(71-48,63-57(61)62)34-46(26-38-8-3-2-4-9-38)59(66)25-24-58(36-59)22-5-6-23-58/h2-4,8-9,14-21,29-30,32,37,39,43,46,49,52-56,64-66H,5-6,10,12-13,22-28,31,33-36H2,1H3,(H4,61,62,63)(H,67,68,69)/t37-,39-,43+,46+,49+,52-,53+,54+,55-,56+,59+,60+/m0/s1. The molecule has 8 N–H and O–H groups in total. The van der Waals surface area contributed by atoms with Gasteiger partial charge in [-0.15, -0.1) is 0 Å². The van der Waals surface area contributed by atoms with Crippen molar-refractivity contribution in [2.24, 2.45) is 51.5 Å². The number of aryl methyl sites for hydroxylation is 1. The number of aliphatic imine (C=N–C) groups is 1. The highest BCUT2D eigenvalue weighted by Crippen LogP contribution is 2.59. The van der Waals surface area contributed by atoms with E-state index in [0.717, 1.165) is 65.5 Å². The monoisotopic (exact) mass is 993 g/mol. The van der Waals surface area contributed by atoms with Crippen molar-refractivity contribution in [3.8, 4) is 23.3 Å². The minimum Gasteiger partial charge on any atom is -0.508 e. The Morgan fingerprint density at radius 3 is 2.46 bits per heavy atom. The second-order valence-corrected chi connectivity index (χ2v) is 24.8. The largest absolute Gasteiger partial charge is 0.508 e. The third-order valence-electron chi connectivity index (χ3n) is 18.6. The van der Waals surface area contributed by atoms with Gasteiger partial charge in [0.05, 0.1) is 17.0 Å². The van der Waals surface area contributed by atoms with Gasteiger partial charge >= 0.3 is 0 Å². The molecule has 5 aliphatic heterocycles. The number of aliphatic hydroxyl groups is 2. The molecule has 2 saturated carbocycles. The number of aliphatic hydroxyl groups excluding tert-OH is 1. The molecule has 1 spiro atoms. The van der Waals surface area contributed by atoms with Gasteiger partial charge in [-0.05, 0) is 170 Å². The van der Waals surface area contributed by atoms with E-state index in [0.29, 0.717) is 61.8 Å². The van der Waals surface area contributed by atoms with E-state index >= 15 is 0 Å². The number of nitrogens with two attached hydrogens (primary N) is 2. The van der Waals surface area contributed by atoms with Crippen LogP contribution in [-0.2, 0) is 33.4 Å². The predicted octanol–water partition coefficient (Wildman–Crippen LogP) is 9.88. The average molecular weight is 994 g/mol. The third-order valence-corrected chi connectivity index (χ3v) is 19.9.